The van der Waals surface area contributed by atoms with Crippen LogP contribution in [0.3, 0.4) is 0 Å². The molecular weight excluding hydrogens is 210 g/mol. The molecule has 0 saturated carbocycles. The van der Waals surface area contributed by atoms with Crippen molar-refractivity contribution >= 4 is 11.9 Å². The number of urea groups is 1. The van der Waals surface area contributed by atoms with Crippen LogP contribution >= 0.6 is 0 Å². The van der Waals surface area contributed by atoms with Crippen LogP contribution in [0.25, 0.3) is 0 Å². The first-order valence-corrected chi connectivity index (χ1v) is 5.40. The minimum absolute atomic E-state index is 0.0486. The molecule has 0 unspecified atom stereocenters. The first kappa shape index (κ1) is 14.7. The second kappa shape index (κ2) is 8.96. The van der Waals surface area contributed by atoms with Gasteiger partial charge in [-0.3, -0.25) is 4.79 Å². The summed E-state index contributed by atoms with van der Waals surface area (Å²) < 4.78 is 0. The Hall–Kier alpha value is -1.30. The lowest BCUT2D eigenvalue weighted by atomic mass is 10.2. The number of hydrogen-bond donors (Lipinski definition) is 3. The van der Waals surface area contributed by atoms with Gasteiger partial charge in [-0.2, -0.15) is 0 Å². The molecule has 94 valence electrons. The van der Waals surface area contributed by atoms with Crippen LogP contribution in [0.1, 0.15) is 19.3 Å². The molecule has 3 amide bonds. The first-order valence-electron chi connectivity index (χ1n) is 5.40. The molecule has 16 heavy (non-hydrogen) atoms. The molecule has 0 saturated heterocycles. The van der Waals surface area contributed by atoms with E-state index in [0.717, 1.165) is 0 Å². The molecule has 3 N–H and O–H groups in total. The molecular formula is C10H21N3O3. The van der Waals surface area contributed by atoms with Gasteiger partial charge in [-0.1, -0.05) is 0 Å². The molecule has 0 bridgehead atoms. The first-order chi connectivity index (χ1) is 7.57. The van der Waals surface area contributed by atoms with Crippen molar-refractivity contribution in [1.29, 1.82) is 0 Å². The van der Waals surface area contributed by atoms with E-state index in [2.05, 4.69) is 10.6 Å². The standard InChI is InChI=1S/C10H21N3O3/c1-13(2)10(16)12-7-6-11-9(15)5-3-4-8-14/h14H,3-8H2,1-2H3,(H,11,15)(H,12,16). The lowest BCUT2D eigenvalue weighted by Gasteiger charge is -2.12. The van der Waals surface area contributed by atoms with Gasteiger partial charge in [-0.15, -0.1) is 0 Å². The molecule has 0 aliphatic heterocycles. The fourth-order valence-electron chi connectivity index (χ4n) is 1.02. The summed E-state index contributed by atoms with van der Waals surface area (Å²) in [4.78, 5) is 23.7. The highest BCUT2D eigenvalue weighted by Crippen LogP contribution is 1.92. The van der Waals surface area contributed by atoms with Crippen LogP contribution in [0.2, 0.25) is 0 Å². The third-order valence-electron chi connectivity index (χ3n) is 1.94. The van der Waals surface area contributed by atoms with Gasteiger partial charge in [0.2, 0.25) is 5.91 Å². The molecule has 0 aliphatic carbocycles. The SMILES string of the molecule is CN(C)C(=O)NCCNC(=O)CCCCO. The predicted octanol–water partition coefficient (Wildman–Crippen LogP) is -0.464. The number of hydrogen-bond acceptors (Lipinski definition) is 3. The summed E-state index contributed by atoms with van der Waals surface area (Å²) in [6, 6.07) is -0.172. The number of unbranched alkanes of at least 4 members (excludes halogenated alkanes) is 1. The normalized spacial score (nSPS) is 9.69. The Morgan fingerprint density at radius 3 is 2.31 bits per heavy atom. The minimum atomic E-state index is -0.172. The van der Waals surface area contributed by atoms with E-state index in [9.17, 15) is 9.59 Å². The van der Waals surface area contributed by atoms with Gasteiger partial charge in [-0.05, 0) is 12.8 Å². The van der Waals surface area contributed by atoms with Crippen LogP contribution in [-0.4, -0.2) is 55.7 Å². The molecule has 0 heterocycles. The Labute approximate surface area is 96.0 Å². The van der Waals surface area contributed by atoms with E-state index < -0.39 is 0 Å². The van der Waals surface area contributed by atoms with Gasteiger partial charge in [0.25, 0.3) is 0 Å². The van der Waals surface area contributed by atoms with Crippen molar-refractivity contribution in [2.45, 2.75) is 19.3 Å². The van der Waals surface area contributed by atoms with E-state index in [1.165, 1.54) is 4.90 Å². The van der Waals surface area contributed by atoms with Gasteiger partial charge >= 0.3 is 6.03 Å². The van der Waals surface area contributed by atoms with Crippen molar-refractivity contribution in [1.82, 2.24) is 15.5 Å². The van der Waals surface area contributed by atoms with Crippen LogP contribution in [0, 0.1) is 0 Å². The summed E-state index contributed by atoms with van der Waals surface area (Å²) in [5.41, 5.74) is 0. The van der Waals surface area contributed by atoms with E-state index in [1.54, 1.807) is 14.1 Å². The van der Waals surface area contributed by atoms with Crippen LogP contribution in [0.5, 0.6) is 0 Å². The highest BCUT2D eigenvalue weighted by molar-refractivity contribution is 5.76. The average Bonchev–Trinajstić information content (AvgIpc) is 2.24. The zero-order valence-corrected chi connectivity index (χ0v) is 9.95. The second-order valence-corrected chi connectivity index (χ2v) is 3.66. The van der Waals surface area contributed by atoms with E-state index >= 15 is 0 Å². The van der Waals surface area contributed by atoms with Crippen molar-refractivity contribution < 1.29 is 14.7 Å². The summed E-state index contributed by atoms with van der Waals surface area (Å²) >= 11 is 0. The third-order valence-corrected chi connectivity index (χ3v) is 1.94. The summed E-state index contributed by atoms with van der Waals surface area (Å²) in [6.07, 6.45) is 1.75. The Morgan fingerprint density at radius 2 is 1.75 bits per heavy atom. The third kappa shape index (κ3) is 8.05. The Kier molecular flexibility index (Phi) is 8.24. The molecule has 0 radical (unpaired) electrons. The number of aliphatic hydroxyl groups excluding tert-OH is 1. The highest BCUT2D eigenvalue weighted by atomic mass is 16.3. The second-order valence-electron chi connectivity index (χ2n) is 3.66. The van der Waals surface area contributed by atoms with Gasteiger partial charge < -0.3 is 20.6 Å². The number of aliphatic hydroxyl groups is 1. The molecule has 0 rings (SSSR count). The number of nitrogens with zero attached hydrogens (tertiary/aromatic N) is 1. The van der Waals surface area contributed by atoms with Crippen molar-refractivity contribution in [2.24, 2.45) is 0 Å². The summed E-state index contributed by atoms with van der Waals surface area (Å²) in [5, 5.41) is 13.8. The maximum Gasteiger partial charge on any atom is 0.316 e. The van der Waals surface area contributed by atoms with Crippen LogP contribution < -0.4 is 10.6 Å². The molecule has 0 atom stereocenters. The zero-order valence-electron chi connectivity index (χ0n) is 9.95. The zero-order chi connectivity index (χ0) is 12.4. The Bertz CT molecular complexity index is 219. The van der Waals surface area contributed by atoms with Crippen LogP contribution in [-0.2, 0) is 4.79 Å². The Balaban J connectivity index is 3.37. The fraction of sp³-hybridized carbons (Fsp3) is 0.800. The number of carbonyl (C=O) groups excluding carboxylic acids is 2. The van der Waals surface area contributed by atoms with Crippen LogP contribution in [0.15, 0.2) is 0 Å². The van der Waals surface area contributed by atoms with Crippen molar-refractivity contribution in [3.05, 3.63) is 0 Å². The lowest BCUT2D eigenvalue weighted by Crippen LogP contribution is -2.39. The van der Waals surface area contributed by atoms with E-state index in [-0.39, 0.29) is 18.5 Å². The largest absolute Gasteiger partial charge is 0.396 e. The Morgan fingerprint density at radius 1 is 1.12 bits per heavy atom. The van der Waals surface area contributed by atoms with Crippen molar-refractivity contribution in [2.75, 3.05) is 33.8 Å². The summed E-state index contributed by atoms with van der Waals surface area (Å²) in [7, 11) is 3.31. The van der Waals surface area contributed by atoms with E-state index in [1.807, 2.05) is 0 Å². The van der Waals surface area contributed by atoms with Crippen LogP contribution in [0.4, 0.5) is 4.79 Å². The van der Waals surface area contributed by atoms with Gasteiger partial charge in [-0.25, -0.2) is 4.79 Å². The average molecular weight is 231 g/mol. The summed E-state index contributed by atoms with van der Waals surface area (Å²) in [6.45, 7) is 0.965. The lowest BCUT2D eigenvalue weighted by molar-refractivity contribution is -0.121. The molecule has 0 aromatic carbocycles. The molecule has 0 aromatic rings. The molecule has 6 nitrogen and oxygen atoms in total. The predicted molar refractivity (Wildman–Crippen MR) is 61.0 cm³/mol. The maximum atomic E-state index is 11.2. The van der Waals surface area contributed by atoms with E-state index in [0.29, 0.717) is 32.4 Å². The molecule has 0 fully saturated rings. The fourth-order valence-corrected chi connectivity index (χ4v) is 1.02. The molecule has 0 spiro atoms. The number of rotatable bonds is 7. The highest BCUT2D eigenvalue weighted by Gasteiger charge is 2.02. The quantitative estimate of drug-likeness (QED) is 0.518. The molecule has 6 heteroatoms. The van der Waals surface area contributed by atoms with Gasteiger partial charge in [0.1, 0.15) is 0 Å². The van der Waals surface area contributed by atoms with Crippen molar-refractivity contribution in [3.8, 4) is 0 Å². The molecule has 0 aliphatic rings. The maximum absolute atomic E-state index is 11.2. The monoisotopic (exact) mass is 231 g/mol. The van der Waals surface area contributed by atoms with Gasteiger partial charge in [0.15, 0.2) is 0 Å². The van der Waals surface area contributed by atoms with E-state index in [4.69, 9.17) is 5.11 Å². The van der Waals surface area contributed by atoms with Crippen molar-refractivity contribution in [3.63, 3.8) is 0 Å². The smallest absolute Gasteiger partial charge is 0.316 e. The minimum Gasteiger partial charge on any atom is -0.396 e. The number of nitrogens with one attached hydrogen (secondary N) is 2. The number of carbonyl (C=O) groups is 2. The molecule has 0 aromatic heterocycles. The number of amides is 3. The van der Waals surface area contributed by atoms with Gasteiger partial charge in [0.05, 0.1) is 0 Å². The topological polar surface area (TPSA) is 81.7 Å². The summed E-state index contributed by atoms with van der Waals surface area (Å²) in [5.74, 6) is -0.0486. The van der Waals surface area contributed by atoms with Gasteiger partial charge in [0, 0.05) is 40.2 Å².